The maximum absolute atomic E-state index is 12.5. The first-order chi connectivity index (χ1) is 31.5. The van der Waals surface area contributed by atoms with Crippen molar-refractivity contribution in [3.63, 3.8) is 0 Å². The number of aliphatic hydroxyl groups is 2. The molecular formula is C58H113NO5. The molecule has 6 heteroatoms. The van der Waals surface area contributed by atoms with Crippen LogP contribution in [0.4, 0.5) is 0 Å². The summed E-state index contributed by atoms with van der Waals surface area (Å²) in [5.74, 6) is -0.0977. The highest BCUT2D eigenvalue weighted by Gasteiger charge is 2.18. The molecule has 2 unspecified atom stereocenters. The number of rotatable bonds is 54. The Morgan fingerprint density at radius 3 is 1.06 bits per heavy atom. The van der Waals surface area contributed by atoms with Crippen LogP contribution in [-0.2, 0) is 14.3 Å². The van der Waals surface area contributed by atoms with Crippen LogP contribution >= 0.6 is 0 Å². The Morgan fingerprint density at radius 1 is 0.422 bits per heavy atom. The second-order valence-corrected chi connectivity index (χ2v) is 20.0. The van der Waals surface area contributed by atoms with Gasteiger partial charge < -0.3 is 20.3 Å². The SMILES string of the molecule is CCCCCCCCCCCCCCCCCCCCCCCCC/C=C/C(O)C(CO)NC(=O)CCCCCCCCCCCCCOC(=O)CCCCCCCCCCCCC. The van der Waals surface area contributed by atoms with E-state index in [0.29, 0.717) is 19.4 Å². The summed E-state index contributed by atoms with van der Waals surface area (Å²) in [6, 6.07) is -0.641. The van der Waals surface area contributed by atoms with E-state index in [1.165, 1.54) is 238 Å². The molecule has 0 aromatic heterocycles. The molecule has 380 valence electrons. The number of allylic oxidation sites excluding steroid dienone is 1. The Morgan fingerprint density at radius 2 is 0.719 bits per heavy atom. The smallest absolute Gasteiger partial charge is 0.305 e. The van der Waals surface area contributed by atoms with Crippen molar-refractivity contribution in [1.82, 2.24) is 5.32 Å². The van der Waals surface area contributed by atoms with Crippen LogP contribution in [-0.4, -0.2) is 47.4 Å². The van der Waals surface area contributed by atoms with E-state index in [0.717, 1.165) is 57.8 Å². The first-order valence-corrected chi connectivity index (χ1v) is 29.0. The molecule has 0 spiro atoms. The van der Waals surface area contributed by atoms with Crippen LogP contribution in [0.1, 0.15) is 322 Å². The van der Waals surface area contributed by atoms with Gasteiger partial charge in [0.05, 0.1) is 25.4 Å². The topological polar surface area (TPSA) is 95.9 Å². The molecule has 0 aromatic rings. The fourth-order valence-corrected chi connectivity index (χ4v) is 9.11. The van der Waals surface area contributed by atoms with E-state index < -0.39 is 12.1 Å². The number of carbonyl (C=O) groups is 2. The molecule has 6 nitrogen and oxygen atoms in total. The summed E-state index contributed by atoms with van der Waals surface area (Å²) >= 11 is 0. The first-order valence-electron chi connectivity index (χ1n) is 29.0. The minimum atomic E-state index is -0.857. The molecule has 0 aliphatic heterocycles. The van der Waals surface area contributed by atoms with Crippen LogP contribution in [0.2, 0.25) is 0 Å². The molecule has 0 rings (SSSR count). The van der Waals surface area contributed by atoms with Crippen LogP contribution in [0.15, 0.2) is 12.2 Å². The summed E-state index contributed by atoms with van der Waals surface area (Å²) in [7, 11) is 0. The summed E-state index contributed by atoms with van der Waals surface area (Å²) in [5.41, 5.74) is 0. The maximum atomic E-state index is 12.5. The molecule has 0 heterocycles. The van der Waals surface area contributed by atoms with E-state index in [-0.39, 0.29) is 18.5 Å². The number of esters is 1. The van der Waals surface area contributed by atoms with Gasteiger partial charge in [0.15, 0.2) is 0 Å². The average Bonchev–Trinajstić information content (AvgIpc) is 3.29. The van der Waals surface area contributed by atoms with E-state index in [9.17, 15) is 19.8 Å². The molecule has 0 aliphatic rings. The van der Waals surface area contributed by atoms with E-state index in [4.69, 9.17) is 4.74 Å². The quantitative estimate of drug-likeness (QED) is 0.0321. The van der Waals surface area contributed by atoms with Crippen LogP contribution in [0.5, 0.6) is 0 Å². The van der Waals surface area contributed by atoms with Crippen molar-refractivity contribution in [3.05, 3.63) is 12.2 Å². The summed E-state index contributed by atoms with van der Waals surface area (Å²) in [6.07, 6.45) is 63.8. The third-order valence-corrected chi connectivity index (χ3v) is 13.6. The number of carbonyl (C=O) groups excluding carboxylic acids is 2. The van der Waals surface area contributed by atoms with Gasteiger partial charge in [-0.15, -0.1) is 0 Å². The number of amides is 1. The molecule has 0 bridgehead atoms. The minimum Gasteiger partial charge on any atom is -0.466 e. The van der Waals surface area contributed by atoms with Gasteiger partial charge in [0, 0.05) is 12.8 Å². The largest absolute Gasteiger partial charge is 0.466 e. The van der Waals surface area contributed by atoms with Crippen LogP contribution in [0.3, 0.4) is 0 Å². The lowest BCUT2D eigenvalue weighted by Crippen LogP contribution is -2.45. The Kier molecular flexibility index (Phi) is 53.0. The van der Waals surface area contributed by atoms with Gasteiger partial charge in [-0.3, -0.25) is 9.59 Å². The summed E-state index contributed by atoms with van der Waals surface area (Å²) in [4.78, 5) is 24.5. The number of hydrogen-bond acceptors (Lipinski definition) is 5. The predicted octanol–water partition coefficient (Wildman–Crippen LogP) is 17.7. The zero-order valence-electron chi connectivity index (χ0n) is 43.3. The molecule has 0 saturated heterocycles. The van der Waals surface area contributed by atoms with Gasteiger partial charge >= 0.3 is 5.97 Å². The molecule has 1 amide bonds. The number of nitrogens with one attached hydrogen (secondary N) is 1. The molecule has 0 fully saturated rings. The summed E-state index contributed by atoms with van der Waals surface area (Å²) in [6.45, 7) is 4.88. The Labute approximate surface area is 399 Å². The number of hydrogen-bond donors (Lipinski definition) is 3. The van der Waals surface area contributed by atoms with Gasteiger partial charge in [0.2, 0.25) is 5.91 Å². The summed E-state index contributed by atoms with van der Waals surface area (Å²) in [5, 5.41) is 23.2. The third-order valence-electron chi connectivity index (χ3n) is 13.6. The van der Waals surface area contributed by atoms with Gasteiger partial charge in [-0.25, -0.2) is 0 Å². The fourth-order valence-electron chi connectivity index (χ4n) is 9.11. The lowest BCUT2D eigenvalue weighted by molar-refractivity contribution is -0.143. The highest BCUT2D eigenvalue weighted by molar-refractivity contribution is 5.76. The number of unbranched alkanes of at least 4 members (excludes halogenated alkanes) is 43. The van der Waals surface area contributed by atoms with Crippen molar-refractivity contribution in [3.8, 4) is 0 Å². The van der Waals surface area contributed by atoms with Crippen LogP contribution in [0.25, 0.3) is 0 Å². The van der Waals surface area contributed by atoms with Gasteiger partial charge in [0.25, 0.3) is 0 Å². The molecule has 64 heavy (non-hydrogen) atoms. The normalized spacial score (nSPS) is 12.6. The fraction of sp³-hybridized carbons (Fsp3) is 0.931. The zero-order chi connectivity index (χ0) is 46.5. The monoisotopic (exact) mass is 904 g/mol. The number of ether oxygens (including phenoxy) is 1. The van der Waals surface area contributed by atoms with E-state index in [2.05, 4.69) is 19.2 Å². The van der Waals surface area contributed by atoms with Crippen molar-refractivity contribution in [2.24, 2.45) is 0 Å². The van der Waals surface area contributed by atoms with E-state index in [1.54, 1.807) is 6.08 Å². The van der Waals surface area contributed by atoms with Gasteiger partial charge in [0.1, 0.15) is 0 Å². The summed E-state index contributed by atoms with van der Waals surface area (Å²) < 4.78 is 5.45. The maximum Gasteiger partial charge on any atom is 0.305 e. The first kappa shape index (κ1) is 62.6. The van der Waals surface area contributed by atoms with Gasteiger partial charge in [-0.1, -0.05) is 289 Å². The van der Waals surface area contributed by atoms with Crippen molar-refractivity contribution >= 4 is 11.9 Å². The van der Waals surface area contributed by atoms with Crippen LogP contribution < -0.4 is 5.32 Å². The predicted molar refractivity (Wildman–Crippen MR) is 278 cm³/mol. The Balaban J connectivity index is 3.49. The highest BCUT2D eigenvalue weighted by atomic mass is 16.5. The highest BCUT2D eigenvalue weighted by Crippen LogP contribution is 2.17. The molecular weight excluding hydrogens is 791 g/mol. The standard InChI is InChI=1S/C58H113NO5/c1-3-5-7-9-11-13-15-16-17-18-19-20-21-22-23-24-25-26-27-28-31-34-38-42-46-50-56(61)55(54-60)59-57(62)51-47-43-39-35-32-29-33-37-41-45-49-53-64-58(63)52-48-44-40-36-30-14-12-10-8-6-4-2/h46,50,55-56,60-61H,3-45,47-49,51-54H2,1-2H3,(H,59,62)/b50-46+. The van der Waals surface area contributed by atoms with Crippen LogP contribution in [0, 0.1) is 0 Å². The lowest BCUT2D eigenvalue weighted by atomic mass is 10.0. The van der Waals surface area contributed by atoms with Crippen molar-refractivity contribution in [2.45, 2.75) is 334 Å². The Bertz CT molecular complexity index is 955. The number of aliphatic hydroxyl groups excluding tert-OH is 2. The zero-order valence-corrected chi connectivity index (χ0v) is 43.3. The van der Waals surface area contributed by atoms with E-state index >= 15 is 0 Å². The molecule has 0 aromatic carbocycles. The average molecular weight is 905 g/mol. The molecule has 0 saturated carbocycles. The van der Waals surface area contributed by atoms with Gasteiger partial charge in [-0.05, 0) is 32.1 Å². The molecule has 0 radical (unpaired) electrons. The van der Waals surface area contributed by atoms with E-state index in [1.807, 2.05) is 6.08 Å². The molecule has 3 N–H and O–H groups in total. The second-order valence-electron chi connectivity index (χ2n) is 20.0. The minimum absolute atomic E-state index is 0.0147. The van der Waals surface area contributed by atoms with Crippen molar-refractivity contribution in [1.29, 1.82) is 0 Å². The second kappa shape index (κ2) is 54.2. The van der Waals surface area contributed by atoms with Crippen molar-refractivity contribution < 1.29 is 24.5 Å². The van der Waals surface area contributed by atoms with Gasteiger partial charge in [-0.2, -0.15) is 0 Å². The lowest BCUT2D eigenvalue weighted by Gasteiger charge is -2.20. The molecule has 0 aliphatic carbocycles. The third kappa shape index (κ3) is 50.0. The Hall–Kier alpha value is -1.40. The molecule has 2 atom stereocenters. The van der Waals surface area contributed by atoms with Crippen molar-refractivity contribution in [2.75, 3.05) is 13.2 Å².